The van der Waals surface area contributed by atoms with Gasteiger partial charge in [-0.3, -0.25) is 5.43 Å². The summed E-state index contributed by atoms with van der Waals surface area (Å²) >= 11 is 12.6. The summed E-state index contributed by atoms with van der Waals surface area (Å²) in [6.07, 6.45) is 1.50. The van der Waals surface area contributed by atoms with Gasteiger partial charge in [0.1, 0.15) is 12.1 Å². The summed E-state index contributed by atoms with van der Waals surface area (Å²) in [5.41, 5.74) is 4.32. The number of nitrogens with zero attached hydrogens (tertiary/aromatic N) is 3. The van der Waals surface area contributed by atoms with E-state index in [4.69, 9.17) is 23.8 Å². The molecule has 1 heterocycles. The fourth-order valence-electron chi connectivity index (χ4n) is 1.95. The molecule has 2 N–H and O–H groups in total. The van der Waals surface area contributed by atoms with Gasteiger partial charge in [-0.1, -0.05) is 47.6 Å². The third-order valence-corrected chi connectivity index (χ3v) is 4.60. The molecule has 0 saturated heterocycles. The van der Waals surface area contributed by atoms with Crippen LogP contribution in [0.4, 0.5) is 10.1 Å². The maximum absolute atomic E-state index is 13.6. The molecule has 0 amide bonds. The van der Waals surface area contributed by atoms with Crippen molar-refractivity contribution in [2.24, 2.45) is 0 Å². The zero-order chi connectivity index (χ0) is 17.6. The maximum Gasteiger partial charge on any atom is 0.210 e. The van der Waals surface area contributed by atoms with Crippen molar-refractivity contribution in [2.45, 2.75) is 10.9 Å². The largest absolute Gasteiger partial charge is 0.329 e. The normalized spacial score (nSPS) is 10.5. The maximum atomic E-state index is 13.6. The second-order valence-corrected chi connectivity index (χ2v) is 6.73. The van der Waals surface area contributed by atoms with E-state index in [0.717, 1.165) is 5.56 Å². The lowest BCUT2D eigenvalue weighted by Gasteiger charge is -2.12. The van der Waals surface area contributed by atoms with Gasteiger partial charge in [0, 0.05) is 10.8 Å². The average molecular weight is 394 g/mol. The van der Waals surface area contributed by atoms with Crippen molar-refractivity contribution in [1.29, 1.82) is 0 Å². The number of thioether (sulfide) groups is 1. The Morgan fingerprint density at radius 2 is 1.96 bits per heavy atom. The number of halogens is 2. The molecule has 0 atom stereocenters. The summed E-state index contributed by atoms with van der Waals surface area (Å²) in [6.45, 7) is 0. The summed E-state index contributed by atoms with van der Waals surface area (Å²) in [6, 6.07) is 13.9. The molecule has 0 spiro atoms. The van der Waals surface area contributed by atoms with Crippen LogP contribution in [0, 0.1) is 5.82 Å². The zero-order valence-electron chi connectivity index (χ0n) is 12.8. The summed E-state index contributed by atoms with van der Waals surface area (Å²) in [5.74, 6) is 0.318. The van der Waals surface area contributed by atoms with E-state index in [1.807, 2.05) is 24.3 Å². The molecule has 0 saturated carbocycles. The number of rotatable bonds is 5. The van der Waals surface area contributed by atoms with Gasteiger partial charge in [0.15, 0.2) is 5.11 Å². The van der Waals surface area contributed by atoms with Gasteiger partial charge >= 0.3 is 0 Å². The Labute approximate surface area is 158 Å². The fraction of sp³-hybridized carbons (Fsp3) is 0.0625. The monoisotopic (exact) mass is 393 g/mol. The van der Waals surface area contributed by atoms with Crippen molar-refractivity contribution in [3.63, 3.8) is 0 Å². The standard InChI is InChI=1S/C16H13ClFN5S2/c17-12-7-5-11(6-8-12)9-25-16-21-19-10-23(16)22-15(24)20-14-4-2-1-3-13(14)18/h1-8,10H,9H2,(H2,20,22,24). The molecule has 9 heteroatoms. The number of hydrogen-bond acceptors (Lipinski definition) is 4. The van der Waals surface area contributed by atoms with Crippen LogP contribution in [0.5, 0.6) is 0 Å². The topological polar surface area (TPSA) is 54.8 Å². The van der Waals surface area contributed by atoms with Crippen LogP contribution < -0.4 is 10.7 Å². The smallest absolute Gasteiger partial charge is 0.210 e. The number of nitrogens with one attached hydrogen (secondary N) is 2. The number of benzene rings is 2. The van der Waals surface area contributed by atoms with E-state index in [-0.39, 0.29) is 10.9 Å². The Balaban J connectivity index is 1.60. The molecule has 2 aromatic carbocycles. The third-order valence-electron chi connectivity index (χ3n) is 3.14. The molecule has 0 radical (unpaired) electrons. The van der Waals surface area contributed by atoms with Gasteiger partial charge < -0.3 is 5.32 Å². The molecule has 3 rings (SSSR count). The van der Waals surface area contributed by atoms with E-state index in [0.29, 0.717) is 21.6 Å². The lowest BCUT2D eigenvalue weighted by atomic mass is 10.2. The summed E-state index contributed by atoms with van der Waals surface area (Å²) in [7, 11) is 0. The van der Waals surface area contributed by atoms with Crippen molar-refractivity contribution in [1.82, 2.24) is 14.9 Å². The molecule has 0 aliphatic rings. The van der Waals surface area contributed by atoms with E-state index in [1.165, 1.54) is 24.2 Å². The predicted octanol–water partition coefficient (Wildman–Crippen LogP) is 4.30. The molecule has 128 valence electrons. The molecule has 0 aliphatic heterocycles. The molecule has 1 aromatic heterocycles. The molecule has 25 heavy (non-hydrogen) atoms. The Bertz CT molecular complexity index is 869. The van der Waals surface area contributed by atoms with Crippen LogP contribution in [0.15, 0.2) is 60.0 Å². The molecule has 0 aliphatic carbocycles. The van der Waals surface area contributed by atoms with Gasteiger partial charge in [0.25, 0.3) is 0 Å². The second-order valence-electron chi connectivity index (χ2n) is 4.94. The van der Waals surface area contributed by atoms with Crippen LogP contribution in [-0.2, 0) is 5.75 Å². The van der Waals surface area contributed by atoms with E-state index < -0.39 is 0 Å². The van der Waals surface area contributed by atoms with Crippen LogP contribution in [0.2, 0.25) is 5.02 Å². The fourth-order valence-corrected chi connectivity index (χ4v) is 3.11. The lowest BCUT2D eigenvalue weighted by molar-refractivity contribution is 0.632. The van der Waals surface area contributed by atoms with Gasteiger partial charge in [0.2, 0.25) is 5.16 Å². The summed E-state index contributed by atoms with van der Waals surface area (Å²) in [5, 5.41) is 12.3. The first-order valence-electron chi connectivity index (χ1n) is 7.21. The van der Waals surface area contributed by atoms with E-state index in [2.05, 4.69) is 20.9 Å². The van der Waals surface area contributed by atoms with Crippen molar-refractivity contribution in [2.75, 3.05) is 10.7 Å². The third kappa shape index (κ3) is 4.91. The van der Waals surface area contributed by atoms with E-state index in [9.17, 15) is 4.39 Å². The second kappa shape index (κ2) is 8.28. The van der Waals surface area contributed by atoms with Crippen LogP contribution in [0.1, 0.15) is 5.56 Å². The molecule has 3 aromatic rings. The number of para-hydroxylation sites is 1. The van der Waals surface area contributed by atoms with Gasteiger partial charge in [-0.05, 0) is 42.0 Å². The first-order valence-corrected chi connectivity index (χ1v) is 8.99. The number of anilines is 1. The first kappa shape index (κ1) is 17.7. The highest BCUT2D eigenvalue weighted by molar-refractivity contribution is 7.98. The minimum Gasteiger partial charge on any atom is -0.329 e. The van der Waals surface area contributed by atoms with Crippen LogP contribution in [0.25, 0.3) is 0 Å². The molecular formula is C16H13ClFN5S2. The summed E-state index contributed by atoms with van der Waals surface area (Å²) in [4.78, 5) is 0. The van der Waals surface area contributed by atoms with Crippen LogP contribution in [0.3, 0.4) is 0 Å². The molecule has 5 nitrogen and oxygen atoms in total. The van der Waals surface area contributed by atoms with Crippen molar-refractivity contribution >= 4 is 46.4 Å². The first-order chi connectivity index (χ1) is 12.1. The molecule has 0 unspecified atom stereocenters. The Morgan fingerprint density at radius 1 is 1.20 bits per heavy atom. The minimum atomic E-state index is -0.382. The highest BCUT2D eigenvalue weighted by Crippen LogP contribution is 2.21. The quantitative estimate of drug-likeness (QED) is 0.498. The van der Waals surface area contributed by atoms with Crippen molar-refractivity contribution in [3.8, 4) is 0 Å². The number of aromatic nitrogens is 3. The average Bonchev–Trinajstić information content (AvgIpc) is 3.03. The van der Waals surface area contributed by atoms with Crippen molar-refractivity contribution in [3.05, 3.63) is 71.3 Å². The SMILES string of the molecule is Fc1ccccc1NC(=S)Nn1cnnc1SCc1ccc(Cl)cc1. The molecule has 0 fully saturated rings. The Kier molecular flexibility index (Phi) is 5.85. The van der Waals surface area contributed by atoms with E-state index in [1.54, 1.807) is 22.9 Å². The number of hydrogen-bond donors (Lipinski definition) is 2. The van der Waals surface area contributed by atoms with Gasteiger partial charge in [-0.2, -0.15) is 0 Å². The predicted molar refractivity (Wildman–Crippen MR) is 103 cm³/mol. The summed E-state index contributed by atoms with van der Waals surface area (Å²) < 4.78 is 15.2. The Hall–Kier alpha value is -2.16. The zero-order valence-corrected chi connectivity index (χ0v) is 15.2. The molecule has 0 bridgehead atoms. The highest BCUT2D eigenvalue weighted by atomic mass is 35.5. The van der Waals surface area contributed by atoms with Gasteiger partial charge in [0.05, 0.1) is 5.69 Å². The van der Waals surface area contributed by atoms with Crippen LogP contribution >= 0.6 is 35.6 Å². The number of thiocarbonyl (C=S) groups is 1. The highest BCUT2D eigenvalue weighted by Gasteiger charge is 2.08. The minimum absolute atomic E-state index is 0.234. The van der Waals surface area contributed by atoms with Gasteiger partial charge in [-0.15, -0.1) is 10.2 Å². The Morgan fingerprint density at radius 3 is 2.72 bits per heavy atom. The van der Waals surface area contributed by atoms with Gasteiger partial charge in [-0.25, -0.2) is 9.07 Å². The van der Waals surface area contributed by atoms with Crippen molar-refractivity contribution < 1.29 is 4.39 Å². The molecular weight excluding hydrogens is 381 g/mol. The lowest BCUT2D eigenvalue weighted by Crippen LogP contribution is -2.27. The van der Waals surface area contributed by atoms with E-state index >= 15 is 0 Å². The van der Waals surface area contributed by atoms with Crippen LogP contribution in [-0.4, -0.2) is 20.0 Å².